The second kappa shape index (κ2) is 7.42. The molecule has 0 bridgehead atoms. The zero-order valence-corrected chi connectivity index (χ0v) is 13.4. The fourth-order valence-corrected chi connectivity index (χ4v) is 2.81. The van der Waals surface area contributed by atoms with Crippen LogP contribution in [0.25, 0.3) is 0 Å². The Morgan fingerprint density at radius 2 is 1.62 bits per heavy atom. The molecule has 116 valence electrons. The van der Waals surface area contributed by atoms with Crippen molar-refractivity contribution >= 4 is 0 Å². The van der Waals surface area contributed by atoms with Crippen LogP contribution < -0.4 is 10.6 Å². The number of rotatable bonds is 10. The highest BCUT2D eigenvalue weighted by Gasteiger charge is 2.21. The van der Waals surface area contributed by atoms with Crippen LogP contribution in [0.4, 0.5) is 0 Å². The van der Waals surface area contributed by atoms with E-state index in [4.69, 9.17) is 0 Å². The van der Waals surface area contributed by atoms with E-state index in [0.29, 0.717) is 5.92 Å². The fraction of sp³-hybridized carbons (Fsp3) is 0.684. The van der Waals surface area contributed by atoms with Gasteiger partial charge in [-0.1, -0.05) is 31.2 Å². The third-order valence-corrected chi connectivity index (χ3v) is 4.74. The summed E-state index contributed by atoms with van der Waals surface area (Å²) in [6, 6.07) is 11.0. The van der Waals surface area contributed by atoms with Crippen molar-refractivity contribution in [2.75, 3.05) is 13.1 Å². The predicted octanol–water partition coefficient (Wildman–Crippen LogP) is 3.62. The first-order chi connectivity index (χ1) is 10.3. The van der Waals surface area contributed by atoms with Gasteiger partial charge in [0.2, 0.25) is 0 Å². The molecule has 0 amide bonds. The van der Waals surface area contributed by atoms with Gasteiger partial charge in [0.15, 0.2) is 0 Å². The van der Waals surface area contributed by atoms with Gasteiger partial charge >= 0.3 is 0 Å². The smallest absolute Gasteiger partial charge is 0.00684 e. The lowest BCUT2D eigenvalue weighted by atomic mass is 9.98. The molecule has 2 saturated carbocycles. The van der Waals surface area contributed by atoms with Crippen LogP contribution in [0.3, 0.4) is 0 Å². The molecule has 0 saturated heterocycles. The molecule has 3 rings (SSSR count). The maximum absolute atomic E-state index is 3.62. The van der Waals surface area contributed by atoms with Crippen molar-refractivity contribution in [3.05, 3.63) is 35.4 Å². The molecular formula is C19H30N2. The van der Waals surface area contributed by atoms with Crippen LogP contribution >= 0.6 is 0 Å². The van der Waals surface area contributed by atoms with Crippen molar-refractivity contribution in [3.63, 3.8) is 0 Å². The third-order valence-electron chi connectivity index (χ3n) is 4.74. The first-order valence-corrected chi connectivity index (χ1v) is 8.87. The number of benzene rings is 1. The summed E-state index contributed by atoms with van der Waals surface area (Å²) < 4.78 is 0. The normalized spacial score (nSPS) is 19.7. The molecule has 0 spiro atoms. The van der Waals surface area contributed by atoms with E-state index in [-0.39, 0.29) is 0 Å². The average Bonchev–Trinajstić information content (AvgIpc) is 3.38. The summed E-state index contributed by atoms with van der Waals surface area (Å²) in [5.41, 5.74) is 2.97. The third kappa shape index (κ3) is 5.44. The van der Waals surface area contributed by atoms with Gasteiger partial charge in [-0.3, -0.25) is 0 Å². The number of unbranched alkanes of at least 4 members (excludes halogenated alkanes) is 1. The van der Waals surface area contributed by atoms with E-state index in [1.165, 1.54) is 62.6 Å². The predicted molar refractivity (Wildman–Crippen MR) is 89.8 cm³/mol. The zero-order chi connectivity index (χ0) is 14.5. The van der Waals surface area contributed by atoms with Gasteiger partial charge < -0.3 is 10.6 Å². The summed E-state index contributed by atoms with van der Waals surface area (Å²) >= 11 is 0. The van der Waals surface area contributed by atoms with Crippen molar-refractivity contribution in [2.24, 2.45) is 0 Å². The summed E-state index contributed by atoms with van der Waals surface area (Å²) in [6.07, 6.45) is 9.38. The van der Waals surface area contributed by atoms with Gasteiger partial charge in [-0.25, -0.2) is 0 Å². The summed E-state index contributed by atoms with van der Waals surface area (Å²) in [5.74, 6) is 0.627. The number of nitrogens with one attached hydrogen (secondary N) is 2. The van der Waals surface area contributed by atoms with Crippen LogP contribution in [0.15, 0.2) is 24.3 Å². The highest BCUT2D eigenvalue weighted by atomic mass is 14.9. The van der Waals surface area contributed by atoms with Crippen LogP contribution in [0.1, 0.15) is 62.5 Å². The van der Waals surface area contributed by atoms with Gasteiger partial charge in [0.05, 0.1) is 0 Å². The van der Waals surface area contributed by atoms with E-state index in [9.17, 15) is 0 Å². The van der Waals surface area contributed by atoms with Crippen LogP contribution in [0.2, 0.25) is 0 Å². The quantitative estimate of drug-likeness (QED) is 0.642. The van der Waals surface area contributed by atoms with Crippen molar-refractivity contribution in [2.45, 2.75) is 69.9 Å². The minimum absolute atomic E-state index is 0.627. The molecular weight excluding hydrogens is 256 g/mol. The van der Waals surface area contributed by atoms with E-state index < -0.39 is 0 Å². The largest absolute Gasteiger partial charge is 0.314 e. The second-order valence-electron chi connectivity index (χ2n) is 7.01. The Balaban J connectivity index is 1.33. The molecule has 2 heteroatoms. The molecule has 2 N–H and O–H groups in total. The van der Waals surface area contributed by atoms with E-state index in [0.717, 1.165) is 18.6 Å². The number of hydrogen-bond acceptors (Lipinski definition) is 2. The van der Waals surface area contributed by atoms with Crippen LogP contribution in [0, 0.1) is 0 Å². The summed E-state index contributed by atoms with van der Waals surface area (Å²) in [5, 5.41) is 7.21. The molecule has 1 unspecified atom stereocenters. The molecule has 1 aromatic carbocycles. The maximum atomic E-state index is 3.62. The molecule has 2 aliphatic carbocycles. The Bertz CT molecular complexity index is 418. The van der Waals surface area contributed by atoms with Gasteiger partial charge in [-0.2, -0.15) is 0 Å². The minimum Gasteiger partial charge on any atom is -0.314 e. The highest BCUT2D eigenvalue weighted by molar-refractivity contribution is 5.25. The summed E-state index contributed by atoms with van der Waals surface area (Å²) in [6.45, 7) is 4.65. The molecule has 2 fully saturated rings. The fourth-order valence-electron chi connectivity index (χ4n) is 2.81. The molecule has 0 heterocycles. The van der Waals surface area contributed by atoms with Gasteiger partial charge in [0.25, 0.3) is 0 Å². The SMILES string of the molecule is CC(CNC1CC1)c1ccc(CCCCNC2CC2)cc1. The van der Waals surface area contributed by atoms with E-state index in [1.54, 1.807) is 0 Å². The monoisotopic (exact) mass is 286 g/mol. The molecule has 0 radical (unpaired) electrons. The zero-order valence-electron chi connectivity index (χ0n) is 13.4. The Morgan fingerprint density at radius 1 is 0.952 bits per heavy atom. The molecule has 0 aliphatic heterocycles. The Labute approximate surface area is 129 Å². The molecule has 2 aliphatic rings. The van der Waals surface area contributed by atoms with Crippen LogP contribution in [-0.4, -0.2) is 25.2 Å². The molecule has 0 aromatic heterocycles. The molecule has 1 atom stereocenters. The molecule has 21 heavy (non-hydrogen) atoms. The Hall–Kier alpha value is -0.860. The van der Waals surface area contributed by atoms with Crippen molar-refractivity contribution in [1.29, 1.82) is 0 Å². The minimum atomic E-state index is 0.627. The van der Waals surface area contributed by atoms with Crippen LogP contribution in [0.5, 0.6) is 0 Å². The van der Waals surface area contributed by atoms with Gasteiger partial charge in [-0.05, 0) is 68.5 Å². The van der Waals surface area contributed by atoms with E-state index >= 15 is 0 Å². The maximum Gasteiger partial charge on any atom is 0.00684 e. The molecule has 1 aromatic rings. The number of hydrogen-bond donors (Lipinski definition) is 2. The lowest BCUT2D eigenvalue weighted by Crippen LogP contribution is -2.21. The van der Waals surface area contributed by atoms with Crippen molar-refractivity contribution in [3.8, 4) is 0 Å². The second-order valence-corrected chi connectivity index (χ2v) is 7.01. The van der Waals surface area contributed by atoms with Crippen molar-refractivity contribution < 1.29 is 0 Å². The molecule has 2 nitrogen and oxygen atoms in total. The van der Waals surface area contributed by atoms with Crippen molar-refractivity contribution in [1.82, 2.24) is 10.6 Å². The van der Waals surface area contributed by atoms with Gasteiger partial charge in [-0.15, -0.1) is 0 Å². The summed E-state index contributed by atoms with van der Waals surface area (Å²) in [4.78, 5) is 0. The highest BCUT2D eigenvalue weighted by Crippen LogP contribution is 2.22. The first kappa shape index (κ1) is 15.1. The number of aryl methyl sites for hydroxylation is 1. The average molecular weight is 286 g/mol. The topological polar surface area (TPSA) is 24.1 Å². The lowest BCUT2D eigenvalue weighted by Gasteiger charge is -2.13. The van der Waals surface area contributed by atoms with Gasteiger partial charge in [0.1, 0.15) is 0 Å². The first-order valence-electron chi connectivity index (χ1n) is 8.87. The Morgan fingerprint density at radius 3 is 2.29 bits per heavy atom. The van der Waals surface area contributed by atoms with Gasteiger partial charge in [0, 0.05) is 18.6 Å². The van der Waals surface area contributed by atoms with E-state index in [1.807, 2.05) is 0 Å². The van der Waals surface area contributed by atoms with Crippen LogP contribution in [-0.2, 0) is 6.42 Å². The van der Waals surface area contributed by atoms with E-state index in [2.05, 4.69) is 41.8 Å². The summed E-state index contributed by atoms with van der Waals surface area (Å²) in [7, 11) is 0. The lowest BCUT2D eigenvalue weighted by molar-refractivity contribution is 0.610. The Kier molecular flexibility index (Phi) is 5.32. The standard InChI is InChI=1S/C19H30N2/c1-15(14-21-19-11-12-19)17-7-5-16(6-8-17)4-2-3-13-20-18-9-10-18/h5-8,15,18-21H,2-4,9-14H2,1H3.